The molecule has 0 fully saturated rings. The summed E-state index contributed by atoms with van der Waals surface area (Å²) in [4.78, 5) is 36.5. The minimum absolute atomic E-state index is 0.0547. The van der Waals surface area contributed by atoms with E-state index in [1.165, 1.54) is 29.5 Å². The molecule has 166 valence electrons. The molecule has 0 radical (unpaired) electrons. The van der Waals surface area contributed by atoms with Gasteiger partial charge < -0.3 is 14.8 Å². The number of ether oxygens (including phenoxy) is 2. The van der Waals surface area contributed by atoms with Crippen molar-refractivity contribution in [1.29, 1.82) is 0 Å². The summed E-state index contributed by atoms with van der Waals surface area (Å²) in [6.45, 7) is 5.14. The Morgan fingerprint density at radius 1 is 1.12 bits per heavy atom. The average Bonchev–Trinajstić information content (AvgIpc) is 3.09. The summed E-state index contributed by atoms with van der Waals surface area (Å²) in [5, 5.41) is 14.0. The van der Waals surface area contributed by atoms with E-state index in [1.807, 2.05) is 37.3 Å². The van der Waals surface area contributed by atoms with Gasteiger partial charge in [0, 0.05) is 22.6 Å². The van der Waals surface area contributed by atoms with Crippen LogP contribution in [0.5, 0.6) is 5.75 Å². The third kappa shape index (κ3) is 5.12. The van der Waals surface area contributed by atoms with Gasteiger partial charge in [0.05, 0.1) is 11.5 Å². The largest absolute Gasteiger partial charge is 0.483 e. The minimum Gasteiger partial charge on any atom is -0.483 e. The Kier molecular flexibility index (Phi) is 7.21. The molecular formula is C23H22N2O6S. The number of amides is 1. The Hall–Kier alpha value is -3.72. The number of aryl methyl sites for hydroxylation is 2. The van der Waals surface area contributed by atoms with Gasteiger partial charge in [0.1, 0.15) is 16.3 Å². The van der Waals surface area contributed by atoms with Crippen molar-refractivity contribution in [2.45, 2.75) is 20.8 Å². The fourth-order valence-corrected chi connectivity index (χ4v) is 4.28. The van der Waals surface area contributed by atoms with Crippen molar-refractivity contribution in [2.24, 2.45) is 0 Å². The molecule has 0 aliphatic heterocycles. The lowest BCUT2D eigenvalue weighted by molar-refractivity contribution is -0.384. The molecule has 0 bridgehead atoms. The summed E-state index contributed by atoms with van der Waals surface area (Å²) in [6.07, 6.45) is 0. The molecule has 0 aliphatic rings. The van der Waals surface area contributed by atoms with E-state index in [0.717, 1.165) is 16.0 Å². The Balaban J connectivity index is 1.81. The number of nitrogens with zero attached hydrogens (tertiary/aromatic N) is 1. The molecule has 0 saturated heterocycles. The van der Waals surface area contributed by atoms with Crippen LogP contribution >= 0.6 is 11.3 Å². The van der Waals surface area contributed by atoms with E-state index in [0.29, 0.717) is 21.9 Å². The van der Waals surface area contributed by atoms with Crippen LogP contribution in [-0.2, 0) is 9.53 Å². The predicted molar refractivity (Wildman–Crippen MR) is 122 cm³/mol. The molecular weight excluding hydrogens is 432 g/mol. The third-order valence-corrected chi connectivity index (χ3v) is 5.63. The van der Waals surface area contributed by atoms with Crippen molar-refractivity contribution in [3.05, 3.63) is 74.6 Å². The average molecular weight is 455 g/mol. The van der Waals surface area contributed by atoms with Gasteiger partial charge in [0.15, 0.2) is 6.61 Å². The first-order valence-corrected chi connectivity index (χ1v) is 10.7. The lowest BCUT2D eigenvalue weighted by Gasteiger charge is -2.11. The summed E-state index contributed by atoms with van der Waals surface area (Å²) < 4.78 is 10.8. The van der Waals surface area contributed by atoms with E-state index in [9.17, 15) is 19.7 Å². The van der Waals surface area contributed by atoms with Crippen molar-refractivity contribution < 1.29 is 24.0 Å². The monoisotopic (exact) mass is 454 g/mol. The Morgan fingerprint density at radius 3 is 2.47 bits per heavy atom. The van der Waals surface area contributed by atoms with Gasteiger partial charge in [-0.05, 0) is 38.0 Å². The molecule has 32 heavy (non-hydrogen) atoms. The number of benzene rings is 2. The van der Waals surface area contributed by atoms with Gasteiger partial charge in [-0.25, -0.2) is 4.79 Å². The van der Waals surface area contributed by atoms with Gasteiger partial charge in [-0.1, -0.05) is 30.3 Å². The summed E-state index contributed by atoms with van der Waals surface area (Å²) in [6, 6.07) is 13.6. The maximum Gasteiger partial charge on any atom is 0.341 e. The molecule has 0 spiro atoms. The number of thiophene rings is 1. The summed E-state index contributed by atoms with van der Waals surface area (Å²) >= 11 is 1.29. The Labute approximate surface area is 188 Å². The second-order valence-electron chi connectivity index (χ2n) is 6.87. The number of hydrogen-bond donors (Lipinski definition) is 1. The number of hydrogen-bond acceptors (Lipinski definition) is 7. The van der Waals surface area contributed by atoms with Crippen LogP contribution in [0.2, 0.25) is 0 Å². The number of nitro groups is 1. The van der Waals surface area contributed by atoms with E-state index in [4.69, 9.17) is 9.47 Å². The highest BCUT2D eigenvalue weighted by molar-refractivity contribution is 7.17. The van der Waals surface area contributed by atoms with E-state index in [-0.39, 0.29) is 18.9 Å². The Morgan fingerprint density at radius 2 is 1.84 bits per heavy atom. The maximum absolute atomic E-state index is 12.7. The molecule has 0 unspecified atom stereocenters. The number of carbonyl (C=O) groups excluding carboxylic acids is 2. The van der Waals surface area contributed by atoms with Gasteiger partial charge in [-0.15, -0.1) is 11.3 Å². The molecule has 9 heteroatoms. The smallest absolute Gasteiger partial charge is 0.341 e. The number of anilines is 1. The number of esters is 1. The topological polar surface area (TPSA) is 108 Å². The van der Waals surface area contributed by atoms with E-state index in [1.54, 1.807) is 13.8 Å². The van der Waals surface area contributed by atoms with Crippen LogP contribution in [0, 0.1) is 24.0 Å². The number of rotatable bonds is 8. The van der Waals surface area contributed by atoms with Gasteiger partial charge >= 0.3 is 5.97 Å². The molecule has 3 aromatic rings. The molecule has 1 aromatic heterocycles. The van der Waals surface area contributed by atoms with Crippen molar-refractivity contribution in [3.8, 4) is 16.9 Å². The first kappa shape index (κ1) is 23.0. The van der Waals surface area contributed by atoms with E-state index in [2.05, 4.69) is 5.32 Å². The van der Waals surface area contributed by atoms with Gasteiger partial charge in [0.25, 0.3) is 11.6 Å². The second-order valence-corrected chi connectivity index (χ2v) is 8.09. The van der Waals surface area contributed by atoms with Crippen LogP contribution in [-0.4, -0.2) is 30.0 Å². The van der Waals surface area contributed by atoms with Crippen LogP contribution in [0.1, 0.15) is 27.7 Å². The summed E-state index contributed by atoms with van der Waals surface area (Å²) in [7, 11) is 0. The standard InChI is InChI=1S/C23H22N2O6S/c1-4-30-23(27)21-20(16-8-6-5-7-9-16)15(3)32-22(21)24-19(26)13-31-18-11-10-17(25(28)29)12-14(18)2/h5-12H,4,13H2,1-3H3,(H,24,26). The number of nitrogens with one attached hydrogen (secondary N) is 1. The van der Waals surface area contributed by atoms with Crippen molar-refractivity contribution in [1.82, 2.24) is 0 Å². The summed E-state index contributed by atoms with van der Waals surface area (Å²) in [5.74, 6) is -0.615. The number of carbonyl (C=O) groups is 2. The van der Waals surface area contributed by atoms with Gasteiger partial charge in [0.2, 0.25) is 0 Å². The Bertz CT molecular complexity index is 1160. The fraction of sp³-hybridized carbons (Fsp3) is 0.217. The van der Waals surface area contributed by atoms with Crippen LogP contribution < -0.4 is 10.1 Å². The first-order valence-electron chi connectivity index (χ1n) is 9.85. The predicted octanol–water partition coefficient (Wildman–Crippen LogP) is 5.13. The zero-order valence-electron chi connectivity index (χ0n) is 17.8. The quantitative estimate of drug-likeness (QED) is 0.287. The van der Waals surface area contributed by atoms with E-state index < -0.39 is 16.8 Å². The lowest BCUT2D eigenvalue weighted by Crippen LogP contribution is -2.21. The molecule has 1 heterocycles. The SMILES string of the molecule is CCOC(=O)c1c(NC(=O)COc2ccc([N+](=O)[O-])cc2C)sc(C)c1-c1ccccc1. The zero-order chi connectivity index (χ0) is 23.3. The fourth-order valence-electron chi connectivity index (χ4n) is 3.20. The second kappa shape index (κ2) is 10.1. The van der Waals surface area contributed by atoms with Gasteiger partial charge in [-0.3, -0.25) is 14.9 Å². The normalized spacial score (nSPS) is 10.5. The highest BCUT2D eigenvalue weighted by Gasteiger charge is 2.25. The first-order chi connectivity index (χ1) is 15.3. The summed E-state index contributed by atoms with van der Waals surface area (Å²) in [5.41, 5.74) is 2.36. The van der Waals surface area contributed by atoms with Crippen molar-refractivity contribution in [2.75, 3.05) is 18.5 Å². The molecule has 1 amide bonds. The molecule has 0 atom stereocenters. The highest BCUT2D eigenvalue weighted by Crippen LogP contribution is 2.40. The lowest BCUT2D eigenvalue weighted by atomic mass is 10.0. The molecule has 1 N–H and O–H groups in total. The van der Waals surface area contributed by atoms with Crippen LogP contribution in [0.15, 0.2) is 48.5 Å². The van der Waals surface area contributed by atoms with Crippen molar-refractivity contribution in [3.63, 3.8) is 0 Å². The number of non-ortho nitro benzene ring substituents is 1. The number of nitro benzene ring substituents is 1. The molecule has 8 nitrogen and oxygen atoms in total. The van der Waals surface area contributed by atoms with Crippen LogP contribution in [0.3, 0.4) is 0 Å². The minimum atomic E-state index is -0.516. The van der Waals surface area contributed by atoms with Crippen LogP contribution in [0.25, 0.3) is 11.1 Å². The molecule has 0 aliphatic carbocycles. The molecule has 2 aromatic carbocycles. The maximum atomic E-state index is 12.7. The van der Waals surface area contributed by atoms with Gasteiger partial charge in [-0.2, -0.15) is 0 Å². The third-order valence-electron chi connectivity index (χ3n) is 4.61. The van der Waals surface area contributed by atoms with Crippen molar-refractivity contribution >= 4 is 33.9 Å². The molecule has 0 saturated carbocycles. The van der Waals surface area contributed by atoms with E-state index >= 15 is 0 Å². The molecule has 3 rings (SSSR count). The van der Waals surface area contributed by atoms with Crippen LogP contribution in [0.4, 0.5) is 10.7 Å². The zero-order valence-corrected chi connectivity index (χ0v) is 18.7. The highest BCUT2D eigenvalue weighted by atomic mass is 32.1.